The summed E-state index contributed by atoms with van der Waals surface area (Å²) in [6.45, 7) is 7.80. The normalized spacial score (nSPS) is 11.9. The van der Waals surface area contributed by atoms with Crippen molar-refractivity contribution in [2.45, 2.75) is 42.2 Å². The number of halogens is 3. The molecule has 0 saturated carbocycles. The largest absolute Gasteiger partial charge is 0.361 e. The summed E-state index contributed by atoms with van der Waals surface area (Å²) in [5, 5.41) is 11.5. The number of non-ortho nitro benzene ring substituents is 1. The van der Waals surface area contributed by atoms with Crippen LogP contribution in [0.2, 0.25) is 25.7 Å². The molecule has 0 unspecified atom stereocenters. The molecule has 0 N–H and O–H groups in total. The number of benzene rings is 1. The molecular formula is C19H20BrF2N3O3SSi. The molecule has 0 fully saturated rings. The third-order valence-corrected chi connectivity index (χ3v) is 7.77. The van der Waals surface area contributed by atoms with Crippen molar-refractivity contribution in [3.63, 3.8) is 0 Å². The Kier molecular flexibility index (Phi) is 6.95. The van der Waals surface area contributed by atoms with Crippen LogP contribution >= 0.6 is 27.7 Å². The van der Waals surface area contributed by atoms with Gasteiger partial charge in [0.1, 0.15) is 24.0 Å². The zero-order chi connectivity index (χ0) is 22.1. The Hall–Kier alpha value is -1.82. The first kappa shape index (κ1) is 22.9. The average molecular weight is 516 g/mol. The second kappa shape index (κ2) is 9.12. The number of pyridine rings is 1. The van der Waals surface area contributed by atoms with Crippen LogP contribution in [0.1, 0.15) is 0 Å². The van der Waals surface area contributed by atoms with E-state index >= 15 is 0 Å². The van der Waals surface area contributed by atoms with Crippen molar-refractivity contribution in [3.05, 3.63) is 56.8 Å². The van der Waals surface area contributed by atoms with Crippen molar-refractivity contribution in [1.82, 2.24) is 9.55 Å². The summed E-state index contributed by atoms with van der Waals surface area (Å²) in [5.41, 5.74) is -0.0142. The summed E-state index contributed by atoms with van der Waals surface area (Å²) in [5.74, 6) is -1.97. The molecule has 30 heavy (non-hydrogen) atoms. The second-order valence-electron chi connectivity index (χ2n) is 7.90. The van der Waals surface area contributed by atoms with Crippen LogP contribution in [-0.4, -0.2) is 29.2 Å². The zero-order valence-electron chi connectivity index (χ0n) is 16.6. The van der Waals surface area contributed by atoms with Crippen LogP contribution in [0.25, 0.3) is 11.0 Å². The minimum atomic E-state index is -1.19. The number of nitro benzene ring substituents is 1. The third-order valence-electron chi connectivity index (χ3n) is 4.31. The van der Waals surface area contributed by atoms with Crippen molar-refractivity contribution in [1.29, 1.82) is 0 Å². The van der Waals surface area contributed by atoms with Gasteiger partial charge in [-0.15, -0.1) is 0 Å². The van der Waals surface area contributed by atoms with Gasteiger partial charge in [-0.3, -0.25) is 10.1 Å². The number of nitro groups is 1. The van der Waals surface area contributed by atoms with Gasteiger partial charge in [0.15, 0.2) is 0 Å². The number of hydrogen-bond donors (Lipinski definition) is 0. The van der Waals surface area contributed by atoms with E-state index in [4.69, 9.17) is 4.74 Å². The number of ether oxygens (including phenoxy) is 1. The maximum absolute atomic E-state index is 14.4. The Labute approximate surface area is 185 Å². The number of rotatable bonds is 8. The van der Waals surface area contributed by atoms with Gasteiger partial charge < -0.3 is 9.30 Å². The molecule has 0 radical (unpaired) electrons. The number of fused-ring (bicyclic) bond motifs is 1. The van der Waals surface area contributed by atoms with Gasteiger partial charge in [0.2, 0.25) is 0 Å². The number of aromatic nitrogens is 2. The van der Waals surface area contributed by atoms with Gasteiger partial charge in [0, 0.05) is 41.8 Å². The van der Waals surface area contributed by atoms with E-state index in [1.807, 2.05) is 10.8 Å². The van der Waals surface area contributed by atoms with E-state index in [1.54, 1.807) is 12.3 Å². The predicted octanol–water partition coefficient (Wildman–Crippen LogP) is 6.45. The maximum Gasteiger partial charge on any atom is 0.275 e. The molecule has 0 atom stereocenters. The first-order valence-corrected chi connectivity index (χ1v) is 14.4. The highest BCUT2D eigenvalue weighted by Crippen LogP contribution is 2.40. The van der Waals surface area contributed by atoms with Crippen molar-refractivity contribution < 1.29 is 18.4 Å². The highest BCUT2D eigenvalue weighted by atomic mass is 79.9. The monoisotopic (exact) mass is 515 g/mol. The molecule has 160 valence electrons. The summed E-state index contributed by atoms with van der Waals surface area (Å²) in [6, 6.07) is 4.13. The van der Waals surface area contributed by atoms with E-state index in [9.17, 15) is 18.9 Å². The Bertz CT molecular complexity index is 1080. The fraction of sp³-hybridized carbons (Fsp3) is 0.316. The quantitative estimate of drug-likeness (QED) is 0.149. The first-order valence-electron chi connectivity index (χ1n) is 9.09. The highest BCUT2D eigenvalue weighted by Gasteiger charge is 2.21. The lowest BCUT2D eigenvalue weighted by Gasteiger charge is -2.15. The van der Waals surface area contributed by atoms with Crippen LogP contribution in [0.15, 0.2) is 44.9 Å². The SMILES string of the molecule is C[Si](C)(C)CCOCn1cc(Br)c2c(Sc3c(F)cc([N+](=O)[O-])cc3F)ccnc21. The molecule has 2 aromatic heterocycles. The molecule has 0 bridgehead atoms. The molecule has 0 saturated heterocycles. The first-order chi connectivity index (χ1) is 14.1. The lowest BCUT2D eigenvalue weighted by molar-refractivity contribution is -0.385. The summed E-state index contributed by atoms with van der Waals surface area (Å²) in [7, 11) is -1.19. The van der Waals surface area contributed by atoms with Crippen molar-refractivity contribution >= 4 is 52.5 Å². The molecule has 0 aliphatic heterocycles. The van der Waals surface area contributed by atoms with Crippen LogP contribution in [0, 0.1) is 21.7 Å². The topological polar surface area (TPSA) is 70.2 Å². The van der Waals surface area contributed by atoms with Crippen LogP contribution in [-0.2, 0) is 11.5 Å². The number of nitrogens with zero attached hydrogens (tertiary/aromatic N) is 3. The van der Waals surface area contributed by atoms with E-state index in [1.165, 1.54) is 0 Å². The van der Waals surface area contributed by atoms with Crippen LogP contribution in [0.4, 0.5) is 14.5 Å². The molecule has 6 nitrogen and oxygen atoms in total. The molecule has 3 rings (SSSR count). The fourth-order valence-electron chi connectivity index (χ4n) is 2.72. The third kappa shape index (κ3) is 5.26. The van der Waals surface area contributed by atoms with E-state index in [0.29, 0.717) is 33.7 Å². The summed E-state index contributed by atoms with van der Waals surface area (Å²) in [6.07, 6.45) is 3.37. The van der Waals surface area contributed by atoms with Crippen LogP contribution in [0.3, 0.4) is 0 Å². The van der Waals surface area contributed by atoms with E-state index in [-0.39, 0.29) is 4.90 Å². The molecule has 11 heteroatoms. The van der Waals surface area contributed by atoms with Crippen molar-refractivity contribution in [2.75, 3.05) is 6.61 Å². The van der Waals surface area contributed by atoms with Gasteiger partial charge in [-0.2, -0.15) is 0 Å². The molecule has 3 aromatic rings. The maximum atomic E-state index is 14.4. The Balaban J connectivity index is 1.88. The molecule has 1 aromatic carbocycles. The van der Waals surface area contributed by atoms with Crippen molar-refractivity contribution in [3.8, 4) is 0 Å². The van der Waals surface area contributed by atoms with Gasteiger partial charge in [0.05, 0.1) is 22.0 Å². The number of hydrogen-bond acceptors (Lipinski definition) is 5. The summed E-state index contributed by atoms with van der Waals surface area (Å²) < 4.78 is 37.0. The lowest BCUT2D eigenvalue weighted by atomic mass is 10.3. The Morgan fingerprint density at radius 3 is 2.57 bits per heavy atom. The molecule has 0 aliphatic carbocycles. The van der Waals surface area contributed by atoms with Gasteiger partial charge in [0.25, 0.3) is 5.69 Å². The molecule has 0 amide bonds. The second-order valence-corrected chi connectivity index (χ2v) is 15.4. The van der Waals surface area contributed by atoms with Crippen LogP contribution in [0.5, 0.6) is 0 Å². The minimum Gasteiger partial charge on any atom is -0.361 e. The van der Waals surface area contributed by atoms with Crippen molar-refractivity contribution in [2.24, 2.45) is 0 Å². The predicted molar refractivity (Wildman–Crippen MR) is 119 cm³/mol. The van der Waals surface area contributed by atoms with Gasteiger partial charge >= 0.3 is 0 Å². The molecule has 0 aliphatic rings. The highest BCUT2D eigenvalue weighted by molar-refractivity contribution is 9.10. The minimum absolute atomic E-state index is 0.306. The standard InChI is InChI=1S/C19H20BrF2N3O3SSi/c1-30(2,3)7-6-28-11-24-10-13(20)17-16(4-5-23-19(17)24)29-18-14(21)8-12(25(26)27)9-15(18)22/h4-5,8-10H,6-7,11H2,1-3H3. The van der Waals surface area contributed by atoms with E-state index < -0.39 is 30.3 Å². The molecule has 2 heterocycles. The summed E-state index contributed by atoms with van der Waals surface area (Å²) in [4.78, 5) is 14.6. The lowest BCUT2D eigenvalue weighted by Crippen LogP contribution is -2.22. The average Bonchev–Trinajstić information content (AvgIpc) is 2.97. The Morgan fingerprint density at radius 2 is 1.97 bits per heavy atom. The van der Waals surface area contributed by atoms with E-state index in [0.717, 1.165) is 29.9 Å². The Morgan fingerprint density at radius 1 is 1.30 bits per heavy atom. The van der Waals surface area contributed by atoms with Gasteiger partial charge in [-0.25, -0.2) is 13.8 Å². The van der Waals surface area contributed by atoms with Gasteiger partial charge in [-0.1, -0.05) is 31.4 Å². The van der Waals surface area contributed by atoms with E-state index in [2.05, 4.69) is 40.6 Å². The fourth-order valence-corrected chi connectivity index (χ4v) is 5.21. The smallest absolute Gasteiger partial charge is 0.275 e. The molecular weight excluding hydrogens is 496 g/mol. The van der Waals surface area contributed by atoms with Gasteiger partial charge in [-0.05, 0) is 28.0 Å². The molecule has 0 spiro atoms. The summed E-state index contributed by atoms with van der Waals surface area (Å²) >= 11 is 4.35. The van der Waals surface area contributed by atoms with Crippen LogP contribution < -0.4 is 0 Å². The zero-order valence-corrected chi connectivity index (χ0v) is 20.0.